The molecule has 0 radical (unpaired) electrons. The van der Waals surface area contributed by atoms with Crippen LogP contribution in [0.3, 0.4) is 0 Å². The number of unbranched alkanes of at least 4 members (excludes halogenated alkanes) is 7. The van der Waals surface area contributed by atoms with Crippen molar-refractivity contribution < 1.29 is 4.42 Å². The highest BCUT2D eigenvalue weighted by molar-refractivity contribution is 5.19. The number of rotatable bonds is 9. The van der Waals surface area contributed by atoms with E-state index in [0.29, 0.717) is 0 Å². The molecule has 0 aromatic carbocycles. The van der Waals surface area contributed by atoms with E-state index in [4.69, 9.17) is 4.42 Å². The van der Waals surface area contributed by atoms with Gasteiger partial charge in [-0.15, -0.1) is 0 Å². The molecule has 1 aromatic rings. The summed E-state index contributed by atoms with van der Waals surface area (Å²) in [7, 11) is 0. The Balaban J connectivity index is 1.99. The first kappa shape index (κ1) is 14.3. The molecule has 0 spiro atoms. The zero-order chi connectivity index (χ0) is 12.5. The summed E-state index contributed by atoms with van der Waals surface area (Å²) in [6, 6.07) is 2.19. The number of hydrogen-bond donors (Lipinski definition) is 0. The van der Waals surface area contributed by atoms with Crippen molar-refractivity contribution in [3.63, 3.8) is 0 Å². The van der Waals surface area contributed by atoms with Gasteiger partial charge in [0.25, 0.3) is 0 Å². The molecule has 1 heterocycles. The summed E-state index contributed by atoms with van der Waals surface area (Å²) in [6.45, 7) is 6.38. The van der Waals surface area contributed by atoms with Gasteiger partial charge in [0.1, 0.15) is 11.5 Å². The van der Waals surface area contributed by atoms with Crippen LogP contribution in [0.1, 0.15) is 75.4 Å². The van der Waals surface area contributed by atoms with Crippen molar-refractivity contribution in [2.75, 3.05) is 0 Å². The van der Waals surface area contributed by atoms with Gasteiger partial charge in [-0.05, 0) is 38.3 Å². The highest BCUT2D eigenvalue weighted by atomic mass is 16.3. The normalized spacial score (nSPS) is 11.0. The van der Waals surface area contributed by atoms with E-state index >= 15 is 0 Å². The van der Waals surface area contributed by atoms with Crippen LogP contribution >= 0.6 is 0 Å². The van der Waals surface area contributed by atoms with Gasteiger partial charge in [0.05, 0.1) is 0 Å². The van der Waals surface area contributed by atoms with Gasteiger partial charge in [-0.25, -0.2) is 0 Å². The minimum atomic E-state index is 1.05. The van der Waals surface area contributed by atoms with E-state index in [-0.39, 0.29) is 0 Å². The second-order valence-electron chi connectivity index (χ2n) is 5.16. The highest BCUT2D eigenvalue weighted by Crippen LogP contribution is 2.17. The van der Waals surface area contributed by atoms with E-state index in [1.54, 1.807) is 0 Å². The Kier molecular flexibility index (Phi) is 7.07. The van der Waals surface area contributed by atoms with Crippen molar-refractivity contribution >= 4 is 0 Å². The van der Waals surface area contributed by atoms with Gasteiger partial charge < -0.3 is 4.42 Å². The molecule has 0 amide bonds. The molecule has 0 saturated heterocycles. The molecule has 1 nitrogen and oxygen atoms in total. The summed E-state index contributed by atoms with van der Waals surface area (Å²) in [5.41, 5.74) is 1.41. The highest BCUT2D eigenvalue weighted by Gasteiger charge is 2.03. The Labute approximate surface area is 107 Å². The van der Waals surface area contributed by atoms with E-state index in [1.165, 1.54) is 63.4 Å². The second kappa shape index (κ2) is 8.38. The molecule has 1 heteroatoms. The van der Waals surface area contributed by atoms with E-state index in [0.717, 1.165) is 11.5 Å². The fourth-order valence-corrected chi connectivity index (χ4v) is 2.38. The van der Waals surface area contributed by atoms with E-state index < -0.39 is 0 Å². The Morgan fingerprint density at radius 1 is 0.882 bits per heavy atom. The fourth-order valence-electron chi connectivity index (χ4n) is 2.38. The molecule has 17 heavy (non-hydrogen) atoms. The van der Waals surface area contributed by atoms with Crippen LogP contribution in [-0.2, 0) is 6.42 Å². The Bertz CT molecular complexity index is 298. The smallest absolute Gasteiger partial charge is 0.104 e. The third-order valence-electron chi connectivity index (χ3n) is 3.44. The van der Waals surface area contributed by atoms with Crippen LogP contribution in [0.25, 0.3) is 0 Å². The Morgan fingerprint density at radius 2 is 1.47 bits per heavy atom. The van der Waals surface area contributed by atoms with Crippen molar-refractivity contribution in [1.82, 2.24) is 0 Å². The van der Waals surface area contributed by atoms with E-state index in [9.17, 15) is 0 Å². The van der Waals surface area contributed by atoms with Crippen LogP contribution in [0.2, 0.25) is 0 Å². The number of furan rings is 1. The predicted octanol–water partition coefficient (Wildman–Crippen LogP) is 5.58. The second-order valence-corrected chi connectivity index (χ2v) is 5.16. The standard InChI is InChI=1S/C16H28O/c1-4-5-6-7-8-9-10-11-12-16-13-14(2)17-15(16)3/h13H,4-12H2,1-3H3. The van der Waals surface area contributed by atoms with Gasteiger partial charge in [-0.3, -0.25) is 0 Å². The maximum Gasteiger partial charge on any atom is 0.104 e. The molecule has 0 fully saturated rings. The zero-order valence-corrected chi connectivity index (χ0v) is 11.8. The van der Waals surface area contributed by atoms with Crippen LogP contribution in [0.15, 0.2) is 10.5 Å². The van der Waals surface area contributed by atoms with Crippen molar-refractivity contribution in [2.45, 2.75) is 78.6 Å². The number of aryl methyl sites for hydroxylation is 3. The largest absolute Gasteiger partial charge is 0.466 e. The van der Waals surface area contributed by atoms with Crippen LogP contribution in [0.5, 0.6) is 0 Å². The molecule has 98 valence electrons. The lowest BCUT2D eigenvalue weighted by Crippen LogP contribution is -1.86. The number of hydrogen-bond acceptors (Lipinski definition) is 1. The molecule has 0 unspecified atom stereocenters. The summed E-state index contributed by atoms with van der Waals surface area (Å²) >= 11 is 0. The molecule has 0 saturated carbocycles. The maximum absolute atomic E-state index is 5.54. The van der Waals surface area contributed by atoms with Gasteiger partial charge in [-0.2, -0.15) is 0 Å². The van der Waals surface area contributed by atoms with Crippen molar-refractivity contribution in [2.24, 2.45) is 0 Å². The van der Waals surface area contributed by atoms with Gasteiger partial charge in [-0.1, -0.05) is 51.9 Å². The lowest BCUT2D eigenvalue weighted by molar-refractivity contribution is 0.499. The third kappa shape index (κ3) is 5.95. The van der Waals surface area contributed by atoms with Crippen molar-refractivity contribution in [3.8, 4) is 0 Å². The van der Waals surface area contributed by atoms with Gasteiger partial charge >= 0.3 is 0 Å². The minimum absolute atomic E-state index is 1.05. The van der Waals surface area contributed by atoms with Crippen molar-refractivity contribution in [1.29, 1.82) is 0 Å². The van der Waals surface area contributed by atoms with Crippen LogP contribution in [-0.4, -0.2) is 0 Å². The predicted molar refractivity (Wildman–Crippen MR) is 74.5 cm³/mol. The van der Waals surface area contributed by atoms with E-state index in [1.807, 2.05) is 6.92 Å². The molecular formula is C16H28O. The molecule has 0 aliphatic rings. The monoisotopic (exact) mass is 236 g/mol. The molecular weight excluding hydrogens is 208 g/mol. The lowest BCUT2D eigenvalue weighted by atomic mass is 10.0. The minimum Gasteiger partial charge on any atom is -0.466 e. The first-order valence-electron chi connectivity index (χ1n) is 7.30. The van der Waals surface area contributed by atoms with Crippen molar-refractivity contribution in [3.05, 3.63) is 23.2 Å². The van der Waals surface area contributed by atoms with Crippen LogP contribution in [0, 0.1) is 13.8 Å². The Hall–Kier alpha value is -0.720. The van der Waals surface area contributed by atoms with Gasteiger partial charge in [0.15, 0.2) is 0 Å². The topological polar surface area (TPSA) is 13.1 Å². The summed E-state index contributed by atoms with van der Waals surface area (Å²) < 4.78 is 5.54. The maximum atomic E-state index is 5.54. The fraction of sp³-hybridized carbons (Fsp3) is 0.750. The average Bonchev–Trinajstić information content (AvgIpc) is 2.61. The Morgan fingerprint density at radius 3 is 2.00 bits per heavy atom. The summed E-state index contributed by atoms with van der Waals surface area (Å²) in [4.78, 5) is 0. The summed E-state index contributed by atoms with van der Waals surface area (Å²) in [5.74, 6) is 2.17. The van der Waals surface area contributed by atoms with Crippen LogP contribution in [0.4, 0.5) is 0 Å². The zero-order valence-electron chi connectivity index (χ0n) is 11.8. The third-order valence-corrected chi connectivity index (χ3v) is 3.44. The van der Waals surface area contributed by atoms with Gasteiger partial charge in [0, 0.05) is 0 Å². The van der Waals surface area contributed by atoms with Gasteiger partial charge in [0.2, 0.25) is 0 Å². The lowest BCUT2D eigenvalue weighted by Gasteiger charge is -2.01. The first-order valence-corrected chi connectivity index (χ1v) is 7.30. The quantitative estimate of drug-likeness (QED) is 0.510. The molecule has 0 N–H and O–H groups in total. The van der Waals surface area contributed by atoms with Crippen LogP contribution < -0.4 is 0 Å². The summed E-state index contributed by atoms with van der Waals surface area (Å²) in [6.07, 6.45) is 12.3. The first-order chi connectivity index (χ1) is 8.24. The molecule has 1 aromatic heterocycles. The molecule has 0 aliphatic heterocycles. The molecule has 0 aliphatic carbocycles. The average molecular weight is 236 g/mol. The van der Waals surface area contributed by atoms with E-state index in [2.05, 4.69) is 19.9 Å². The molecule has 0 bridgehead atoms. The molecule has 1 rings (SSSR count). The summed E-state index contributed by atoms with van der Waals surface area (Å²) in [5, 5.41) is 0. The molecule has 0 atom stereocenters. The SMILES string of the molecule is CCCCCCCCCCc1cc(C)oc1C.